The van der Waals surface area contributed by atoms with E-state index in [0.29, 0.717) is 26.2 Å². The molecule has 1 aromatic carbocycles. The molecule has 0 spiro atoms. The van der Waals surface area contributed by atoms with E-state index in [1.165, 1.54) is 0 Å². The highest BCUT2D eigenvalue weighted by Gasteiger charge is 2.22. The summed E-state index contributed by atoms with van der Waals surface area (Å²) in [5, 5.41) is 0. The van der Waals surface area contributed by atoms with Crippen LogP contribution in [0.15, 0.2) is 42.6 Å². The van der Waals surface area contributed by atoms with Crippen molar-refractivity contribution in [2.45, 2.75) is 0 Å². The molecule has 110 valence electrons. The van der Waals surface area contributed by atoms with Crippen molar-refractivity contribution < 1.29 is 4.79 Å². The van der Waals surface area contributed by atoms with Gasteiger partial charge >= 0.3 is 0 Å². The lowest BCUT2D eigenvalue weighted by atomic mass is 10.1. The number of aromatic nitrogens is 3. The molecule has 0 unspecified atom stereocenters. The van der Waals surface area contributed by atoms with E-state index >= 15 is 0 Å². The van der Waals surface area contributed by atoms with Crippen molar-refractivity contribution >= 4 is 34.4 Å². The fraction of sp³-hybridized carbons (Fsp3) is 0. The van der Waals surface area contributed by atoms with E-state index in [1.807, 2.05) is 30.3 Å². The summed E-state index contributed by atoms with van der Waals surface area (Å²) < 4.78 is 0.710. The van der Waals surface area contributed by atoms with Gasteiger partial charge in [0.1, 0.15) is 0 Å². The maximum atomic E-state index is 11.9. The number of hydrogen-bond acceptors (Lipinski definition) is 4. The van der Waals surface area contributed by atoms with Crippen LogP contribution in [0, 0.1) is 3.57 Å². The number of amides is 1. The summed E-state index contributed by atoms with van der Waals surface area (Å²) in [6.07, 6.45) is 1.57. The average Bonchev–Trinajstić information content (AvgIpc) is 2.86. The van der Waals surface area contributed by atoms with E-state index in [9.17, 15) is 4.79 Å². The SMILES string of the molecule is NC(=O)c1c(-c2ccccc2)[nH]c(-c2ccnc(N)n2)c1I. The van der Waals surface area contributed by atoms with E-state index in [0.717, 1.165) is 5.56 Å². The molecule has 0 saturated carbocycles. The fourth-order valence-corrected chi connectivity index (χ4v) is 3.17. The van der Waals surface area contributed by atoms with Gasteiger partial charge < -0.3 is 16.5 Å². The molecule has 0 bridgehead atoms. The van der Waals surface area contributed by atoms with Gasteiger partial charge in [0, 0.05) is 6.20 Å². The third kappa shape index (κ3) is 2.54. The van der Waals surface area contributed by atoms with Gasteiger partial charge in [-0.15, -0.1) is 0 Å². The van der Waals surface area contributed by atoms with Crippen LogP contribution in [0.25, 0.3) is 22.6 Å². The first-order valence-corrected chi connectivity index (χ1v) is 7.51. The number of nitrogens with zero attached hydrogens (tertiary/aromatic N) is 2. The van der Waals surface area contributed by atoms with Crippen molar-refractivity contribution in [2.24, 2.45) is 5.73 Å². The number of primary amides is 1. The van der Waals surface area contributed by atoms with Gasteiger partial charge in [0.2, 0.25) is 5.95 Å². The number of H-pyrrole nitrogens is 1. The average molecular weight is 405 g/mol. The van der Waals surface area contributed by atoms with Crippen LogP contribution in [0.2, 0.25) is 0 Å². The highest BCUT2D eigenvalue weighted by atomic mass is 127. The van der Waals surface area contributed by atoms with Gasteiger partial charge in [-0.25, -0.2) is 9.97 Å². The van der Waals surface area contributed by atoms with Crippen LogP contribution in [-0.2, 0) is 0 Å². The van der Waals surface area contributed by atoms with Gasteiger partial charge in [-0.05, 0) is 34.2 Å². The van der Waals surface area contributed by atoms with Crippen molar-refractivity contribution in [2.75, 3.05) is 5.73 Å². The summed E-state index contributed by atoms with van der Waals surface area (Å²) in [5.74, 6) is -0.322. The molecule has 0 aliphatic heterocycles. The number of nitrogen functional groups attached to an aromatic ring is 1. The molecule has 0 fully saturated rings. The molecule has 3 rings (SSSR count). The van der Waals surface area contributed by atoms with E-state index in [1.54, 1.807) is 12.3 Å². The van der Waals surface area contributed by atoms with Crippen LogP contribution in [0.3, 0.4) is 0 Å². The van der Waals surface area contributed by atoms with Gasteiger partial charge in [-0.1, -0.05) is 30.3 Å². The number of nitrogens with two attached hydrogens (primary N) is 2. The standard InChI is InChI=1S/C15H12IN5O/c16-11-10(14(17)22)12(8-4-2-1-3-5-8)21-13(11)9-6-7-19-15(18)20-9/h1-7,21H,(H2,17,22)(H2,18,19,20). The minimum absolute atomic E-state index is 0.171. The molecule has 0 saturated heterocycles. The van der Waals surface area contributed by atoms with Crippen molar-refractivity contribution in [3.8, 4) is 22.6 Å². The molecule has 7 heteroatoms. The third-order valence-corrected chi connectivity index (χ3v) is 4.26. The Morgan fingerprint density at radius 2 is 1.86 bits per heavy atom. The van der Waals surface area contributed by atoms with E-state index in [2.05, 4.69) is 37.5 Å². The zero-order valence-electron chi connectivity index (χ0n) is 11.4. The molecule has 3 aromatic rings. The second kappa shape index (κ2) is 5.76. The summed E-state index contributed by atoms with van der Waals surface area (Å²) in [4.78, 5) is 23.2. The lowest BCUT2D eigenvalue weighted by Gasteiger charge is -2.01. The molecular weight excluding hydrogens is 393 g/mol. The number of rotatable bonds is 3. The fourth-order valence-electron chi connectivity index (χ4n) is 2.22. The van der Waals surface area contributed by atoms with Gasteiger partial charge in [0.05, 0.1) is 26.2 Å². The second-order valence-electron chi connectivity index (χ2n) is 4.59. The lowest BCUT2D eigenvalue weighted by Crippen LogP contribution is -2.12. The molecular formula is C15H12IN5O. The minimum atomic E-state index is -0.493. The maximum Gasteiger partial charge on any atom is 0.251 e. The molecule has 0 atom stereocenters. The summed E-state index contributed by atoms with van der Waals surface area (Å²) in [5.41, 5.74) is 14.5. The van der Waals surface area contributed by atoms with Crippen LogP contribution in [-0.4, -0.2) is 20.9 Å². The van der Waals surface area contributed by atoms with Crippen molar-refractivity contribution in [3.05, 3.63) is 51.7 Å². The van der Waals surface area contributed by atoms with Crippen molar-refractivity contribution in [1.82, 2.24) is 15.0 Å². The first-order chi connectivity index (χ1) is 10.6. The Kier molecular flexibility index (Phi) is 3.80. The molecule has 2 heterocycles. The number of aromatic amines is 1. The number of halogens is 1. The zero-order chi connectivity index (χ0) is 15.7. The number of anilines is 1. The number of carbonyl (C=O) groups is 1. The van der Waals surface area contributed by atoms with Crippen LogP contribution in [0.5, 0.6) is 0 Å². The Morgan fingerprint density at radius 1 is 1.14 bits per heavy atom. The summed E-state index contributed by atoms with van der Waals surface area (Å²) in [6, 6.07) is 11.3. The van der Waals surface area contributed by atoms with Gasteiger partial charge in [0.15, 0.2) is 0 Å². The highest BCUT2D eigenvalue weighted by Crippen LogP contribution is 2.33. The summed E-state index contributed by atoms with van der Waals surface area (Å²) >= 11 is 2.09. The number of carbonyl (C=O) groups excluding carboxylic acids is 1. The Labute approximate surface area is 140 Å². The van der Waals surface area contributed by atoms with Crippen LogP contribution in [0.1, 0.15) is 10.4 Å². The highest BCUT2D eigenvalue weighted by molar-refractivity contribution is 14.1. The van der Waals surface area contributed by atoms with E-state index in [4.69, 9.17) is 11.5 Å². The molecule has 0 aliphatic rings. The Morgan fingerprint density at radius 3 is 2.50 bits per heavy atom. The third-order valence-electron chi connectivity index (χ3n) is 3.18. The molecule has 5 N–H and O–H groups in total. The number of nitrogens with one attached hydrogen (secondary N) is 1. The van der Waals surface area contributed by atoms with E-state index in [-0.39, 0.29) is 5.95 Å². The minimum Gasteiger partial charge on any atom is -0.368 e. The Hall–Kier alpha value is -2.42. The van der Waals surface area contributed by atoms with Crippen LogP contribution < -0.4 is 11.5 Å². The van der Waals surface area contributed by atoms with Gasteiger partial charge in [-0.2, -0.15) is 0 Å². The van der Waals surface area contributed by atoms with Crippen molar-refractivity contribution in [3.63, 3.8) is 0 Å². The van der Waals surface area contributed by atoms with Crippen LogP contribution in [0.4, 0.5) is 5.95 Å². The first-order valence-electron chi connectivity index (χ1n) is 6.43. The monoisotopic (exact) mass is 405 g/mol. The summed E-state index contributed by atoms with van der Waals surface area (Å²) in [6.45, 7) is 0. The largest absolute Gasteiger partial charge is 0.368 e. The molecule has 2 aromatic heterocycles. The first kappa shape index (κ1) is 14.5. The summed E-state index contributed by atoms with van der Waals surface area (Å²) in [7, 11) is 0. The Balaban J connectivity index is 2.24. The van der Waals surface area contributed by atoms with E-state index < -0.39 is 5.91 Å². The Bertz CT molecular complexity index is 844. The molecule has 1 amide bonds. The number of benzene rings is 1. The number of hydrogen-bond donors (Lipinski definition) is 3. The molecule has 6 nitrogen and oxygen atoms in total. The van der Waals surface area contributed by atoms with Crippen molar-refractivity contribution in [1.29, 1.82) is 0 Å². The predicted molar refractivity (Wildman–Crippen MR) is 92.9 cm³/mol. The molecule has 0 aliphatic carbocycles. The quantitative estimate of drug-likeness (QED) is 0.582. The predicted octanol–water partition coefficient (Wildman–Crippen LogP) is 2.42. The van der Waals surface area contributed by atoms with Crippen LogP contribution >= 0.6 is 22.6 Å². The molecule has 22 heavy (non-hydrogen) atoms. The topological polar surface area (TPSA) is 111 Å². The smallest absolute Gasteiger partial charge is 0.251 e. The zero-order valence-corrected chi connectivity index (χ0v) is 13.5. The lowest BCUT2D eigenvalue weighted by molar-refractivity contribution is 0.100. The van der Waals surface area contributed by atoms with Gasteiger partial charge in [-0.3, -0.25) is 4.79 Å². The molecule has 0 radical (unpaired) electrons. The van der Waals surface area contributed by atoms with Gasteiger partial charge in [0.25, 0.3) is 5.91 Å². The maximum absolute atomic E-state index is 11.9. The second-order valence-corrected chi connectivity index (χ2v) is 5.67. The normalized spacial score (nSPS) is 10.6.